The molecule has 1 N–H and O–H groups in total. The molecule has 0 aromatic heterocycles. The molecule has 3 nitrogen and oxygen atoms in total. The van der Waals surface area contributed by atoms with E-state index in [2.05, 4.69) is 5.32 Å². The van der Waals surface area contributed by atoms with Crippen molar-refractivity contribution >= 4 is 5.91 Å². The molecule has 1 aliphatic rings. The van der Waals surface area contributed by atoms with Gasteiger partial charge in [0, 0.05) is 25.7 Å². The zero-order valence-corrected chi connectivity index (χ0v) is 7.94. The Morgan fingerprint density at radius 3 is 2.62 bits per heavy atom. The molecule has 4 heteroatoms. The van der Waals surface area contributed by atoms with Gasteiger partial charge in [0.15, 0.2) is 0 Å². The van der Waals surface area contributed by atoms with Gasteiger partial charge in [-0.1, -0.05) is 0 Å². The Bertz CT molecular complexity index is 173. The molecule has 1 fully saturated rings. The van der Waals surface area contributed by atoms with Crippen molar-refractivity contribution in [1.29, 1.82) is 0 Å². The maximum Gasteiger partial charge on any atom is 0.217 e. The van der Waals surface area contributed by atoms with Crippen LogP contribution in [0.1, 0.15) is 26.2 Å². The molecule has 0 aromatic rings. The monoisotopic (exact) mass is 189 g/mol. The summed E-state index contributed by atoms with van der Waals surface area (Å²) in [5, 5.41) is 2.84. The number of hydrogen-bond acceptors (Lipinski definition) is 2. The Morgan fingerprint density at radius 1 is 1.54 bits per heavy atom. The minimum Gasteiger partial charge on any atom is -0.381 e. The number of amides is 1. The molecular weight excluding hydrogens is 173 g/mol. The highest BCUT2D eigenvalue weighted by atomic mass is 19.1. The van der Waals surface area contributed by atoms with Gasteiger partial charge in [-0.25, -0.2) is 0 Å². The van der Waals surface area contributed by atoms with E-state index < -0.39 is 0 Å². The SMILES string of the molecule is CC(=O)NC1(CCF)CCOCC1. The van der Waals surface area contributed by atoms with Crippen molar-refractivity contribution in [1.82, 2.24) is 5.32 Å². The zero-order valence-electron chi connectivity index (χ0n) is 7.94. The van der Waals surface area contributed by atoms with Crippen LogP contribution >= 0.6 is 0 Å². The van der Waals surface area contributed by atoms with Crippen LogP contribution in [0.3, 0.4) is 0 Å². The van der Waals surface area contributed by atoms with Crippen molar-refractivity contribution in [2.75, 3.05) is 19.9 Å². The topological polar surface area (TPSA) is 38.3 Å². The molecular formula is C9H16FNO2. The molecule has 1 rings (SSSR count). The van der Waals surface area contributed by atoms with Gasteiger partial charge < -0.3 is 10.1 Å². The van der Waals surface area contributed by atoms with E-state index in [1.165, 1.54) is 6.92 Å². The van der Waals surface area contributed by atoms with Gasteiger partial charge in [0.25, 0.3) is 0 Å². The minimum atomic E-state index is -0.389. The van der Waals surface area contributed by atoms with E-state index in [0.717, 1.165) is 12.8 Å². The summed E-state index contributed by atoms with van der Waals surface area (Å²) in [6.45, 7) is 2.30. The number of ether oxygens (including phenoxy) is 1. The summed E-state index contributed by atoms with van der Waals surface area (Å²) in [5.41, 5.74) is -0.348. The molecule has 0 bridgehead atoms. The van der Waals surface area contributed by atoms with E-state index in [1.807, 2.05) is 0 Å². The van der Waals surface area contributed by atoms with E-state index in [0.29, 0.717) is 19.6 Å². The normalized spacial score (nSPS) is 21.1. The van der Waals surface area contributed by atoms with E-state index in [1.54, 1.807) is 0 Å². The van der Waals surface area contributed by atoms with Gasteiger partial charge in [-0.15, -0.1) is 0 Å². The van der Waals surface area contributed by atoms with Gasteiger partial charge in [0.1, 0.15) is 0 Å². The maximum atomic E-state index is 12.3. The third-order valence-corrected chi connectivity index (χ3v) is 2.46. The van der Waals surface area contributed by atoms with Gasteiger partial charge in [-0.05, 0) is 19.3 Å². The number of hydrogen-bond donors (Lipinski definition) is 1. The quantitative estimate of drug-likeness (QED) is 0.720. The van der Waals surface area contributed by atoms with Crippen molar-refractivity contribution in [3.63, 3.8) is 0 Å². The predicted octanol–water partition coefficient (Wildman–Crippen LogP) is 1.03. The lowest BCUT2D eigenvalue weighted by Crippen LogP contribution is -2.51. The molecule has 13 heavy (non-hydrogen) atoms. The highest BCUT2D eigenvalue weighted by Gasteiger charge is 2.32. The molecule has 0 spiro atoms. The molecule has 1 heterocycles. The van der Waals surface area contributed by atoms with Crippen LogP contribution in [0.25, 0.3) is 0 Å². The summed E-state index contributed by atoms with van der Waals surface area (Å²) < 4.78 is 17.5. The maximum absolute atomic E-state index is 12.3. The summed E-state index contributed by atoms with van der Waals surface area (Å²) in [4.78, 5) is 10.9. The summed E-state index contributed by atoms with van der Waals surface area (Å²) >= 11 is 0. The van der Waals surface area contributed by atoms with E-state index >= 15 is 0 Å². The Hall–Kier alpha value is -0.640. The van der Waals surface area contributed by atoms with Crippen molar-refractivity contribution in [3.05, 3.63) is 0 Å². The van der Waals surface area contributed by atoms with Crippen LogP contribution in [0, 0.1) is 0 Å². The Balaban J connectivity index is 2.55. The van der Waals surface area contributed by atoms with E-state index in [-0.39, 0.29) is 18.1 Å². The van der Waals surface area contributed by atoms with Crippen molar-refractivity contribution < 1.29 is 13.9 Å². The van der Waals surface area contributed by atoms with Gasteiger partial charge in [-0.2, -0.15) is 0 Å². The lowest BCUT2D eigenvalue weighted by molar-refractivity contribution is -0.122. The van der Waals surface area contributed by atoms with Crippen LogP contribution in [0.2, 0.25) is 0 Å². The second-order valence-corrected chi connectivity index (χ2v) is 3.51. The number of halogens is 1. The molecule has 1 saturated heterocycles. The summed E-state index contributed by atoms with van der Waals surface area (Å²) in [6.07, 6.45) is 1.84. The smallest absolute Gasteiger partial charge is 0.217 e. The minimum absolute atomic E-state index is 0.0876. The third kappa shape index (κ3) is 2.95. The lowest BCUT2D eigenvalue weighted by Gasteiger charge is -2.37. The fourth-order valence-electron chi connectivity index (χ4n) is 1.75. The molecule has 0 aliphatic carbocycles. The lowest BCUT2D eigenvalue weighted by atomic mass is 9.87. The second kappa shape index (κ2) is 4.56. The van der Waals surface area contributed by atoms with Crippen LogP contribution in [0.15, 0.2) is 0 Å². The summed E-state index contributed by atoms with van der Waals surface area (Å²) in [5.74, 6) is -0.0876. The number of nitrogens with one attached hydrogen (secondary N) is 1. The van der Waals surface area contributed by atoms with Crippen LogP contribution in [0.5, 0.6) is 0 Å². The highest BCUT2D eigenvalue weighted by Crippen LogP contribution is 2.24. The van der Waals surface area contributed by atoms with Gasteiger partial charge in [0.05, 0.1) is 6.67 Å². The fourth-order valence-corrected chi connectivity index (χ4v) is 1.75. The van der Waals surface area contributed by atoms with Crippen LogP contribution < -0.4 is 5.32 Å². The molecule has 1 aliphatic heterocycles. The Morgan fingerprint density at radius 2 is 2.15 bits per heavy atom. The molecule has 0 aromatic carbocycles. The molecule has 76 valence electrons. The molecule has 0 saturated carbocycles. The first kappa shape index (κ1) is 10.4. The first-order valence-corrected chi connectivity index (χ1v) is 4.61. The third-order valence-electron chi connectivity index (χ3n) is 2.46. The van der Waals surface area contributed by atoms with Crippen molar-refractivity contribution in [2.24, 2.45) is 0 Å². The summed E-state index contributed by atoms with van der Waals surface area (Å²) in [6, 6.07) is 0. The highest BCUT2D eigenvalue weighted by molar-refractivity contribution is 5.73. The number of carbonyl (C=O) groups excluding carboxylic acids is 1. The number of carbonyl (C=O) groups is 1. The molecule has 0 atom stereocenters. The Kier molecular flexibility index (Phi) is 3.66. The van der Waals surface area contributed by atoms with Crippen molar-refractivity contribution in [2.45, 2.75) is 31.7 Å². The molecule has 0 radical (unpaired) electrons. The number of alkyl halides is 1. The standard InChI is InChI=1S/C9H16FNO2/c1-8(12)11-9(2-5-10)3-6-13-7-4-9/h2-7H2,1H3,(H,11,12). The van der Waals surface area contributed by atoms with Crippen LogP contribution in [-0.2, 0) is 9.53 Å². The first-order chi connectivity index (χ1) is 6.18. The average Bonchev–Trinajstić information content (AvgIpc) is 2.04. The first-order valence-electron chi connectivity index (χ1n) is 4.61. The fraction of sp³-hybridized carbons (Fsp3) is 0.889. The predicted molar refractivity (Wildman–Crippen MR) is 47.2 cm³/mol. The Labute approximate surface area is 77.6 Å². The summed E-state index contributed by atoms with van der Waals surface area (Å²) in [7, 11) is 0. The zero-order chi connectivity index (χ0) is 9.73. The van der Waals surface area contributed by atoms with Gasteiger partial charge in [-0.3, -0.25) is 9.18 Å². The molecule has 1 amide bonds. The molecule has 0 unspecified atom stereocenters. The van der Waals surface area contributed by atoms with E-state index in [4.69, 9.17) is 4.74 Å². The number of rotatable bonds is 3. The van der Waals surface area contributed by atoms with Gasteiger partial charge in [0.2, 0.25) is 5.91 Å². The second-order valence-electron chi connectivity index (χ2n) is 3.51. The van der Waals surface area contributed by atoms with Crippen LogP contribution in [-0.4, -0.2) is 31.3 Å². The van der Waals surface area contributed by atoms with Crippen LogP contribution in [0.4, 0.5) is 4.39 Å². The average molecular weight is 189 g/mol. The van der Waals surface area contributed by atoms with E-state index in [9.17, 15) is 9.18 Å². The van der Waals surface area contributed by atoms with Crippen molar-refractivity contribution in [3.8, 4) is 0 Å². The largest absolute Gasteiger partial charge is 0.381 e. The van der Waals surface area contributed by atoms with Gasteiger partial charge >= 0.3 is 0 Å².